The molecule has 2 aromatic rings. The Bertz CT molecular complexity index is 1440. The van der Waals surface area contributed by atoms with E-state index < -0.39 is 16.1 Å². The zero-order chi connectivity index (χ0) is 30.0. The highest BCUT2D eigenvalue weighted by atomic mass is 35.5. The molecule has 5 rings (SSSR count). The molecule has 3 atom stereocenters. The van der Waals surface area contributed by atoms with Crippen molar-refractivity contribution >= 4 is 60.8 Å². The first-order valence-corrected chi connectivity index (χ1v) is 17.0. The van der Waals surface area contributed by atoms with E-state index in [1.165, 1.54) is 12.0 Å². The summed E-state index contributed by atoms with van der Waals surface area (Å²) in [6.45, 7) is 3.39. The Morgan fingerprint density at radius 3 is 2.71 bits per heavy atom. The van der Waals surface area contributed by atoms with E-state index >= 15 is 0 Å². The van der Waals surface area contributed by atoms with Crippen LogP contribution in [0.25, 0.3) is 10.1 Å². The van der Waals surface area contributed by atoms with E-state index in [9.17, 15) is 22.8 Å². The summed E-state index contributed by atoms with van der Waals surface area (Å²) in [7, 11) is -0.611. The number of carbonyl (C=O) groups excluding carboxylic acids is 3. The molecule has 3 aliphatic rings. The zero-order valence-electron chi connectivity index (χ0n) is 24.0. The molecule has 230 valence electrons. The van der Waals surface area contributed by atoms with Gasteiger partial charge in [0.1, 0.15) is 16.9 Å². The number of hydrogen-bond acceptors (Lipinski definition) is 8. The highest BCUT2D eigenvalue weighted by Gasteiger charge is 2.38. The van der Waals surface area contributed by atoms with E-state index in [0.717, 1.165) is 60.3 Å². The summed E-state index contributed by atoms with van der Waals surface area (Å²) in [5.41, 5.74) is 0. The average Bonchev–Trinajstić information content (AvgIpc) is 3.71. The SMILES string of the molecule is COCC(=O)N(C)C1CCN(C[C@@H]2CCCN2C(=O)CN2CCC[C@H](NS(=O)(=O)c3cc4cc(Cl)ccc4s3)C2=O)C1. The van der Waals surface area contributed by atoms with E-state index in [-0.39, 0.29) is 47.2 Å². The second-order valence-corrected chi connectivity index (χ2v) is 14.8. The summed E-state index contributed by atoms with van der Waals surface area (Å²) in [5, 5.41) is 1.25. The number of nitrogens with one attached hydrogen (secondary N) is 1. The number of rotatable bonds is 10. The third kappa shape index (κ3) is 6.92. The fourth-order valence-electron chi connectivity index (χ4n) is 6.20. The summed E-state index contributed by atoms with van der Waals surface area (Å²) in [4.78, 5) is 46.4. The molecule has 0 aliphatic carbocycles. The van der Waals surface area contributed by atoms with Crippen molar-refractivity contribution in [3.63, 3.8) is 0 Å². The molecule has 0 radical (unpaired) electrons. The van der Waals surface area contributed by atoms with Crippen molar-refractivity contribution in [3.8, 4) is 0 Å². The molecule has 3 aliphatic heterocycles. The predicted molar refractivity (Wildman–Crippen MR) is 161 cm³/mol. The van der Waals surface area contributed by atoms with Crippen LogP contribution >= 0.6 is 22.9 Å². The minimum atomic E-state index is -3.93. The number of benzene rings is 1. The van der Waals surface area contributed by atoms with Crippen LogP contribution in [0.4, 0.5) is 0 Å². The summed E-state index contributed by atoms with van der Waals surface area (Å²) in [5.74, 6) is -0.523. The largest absolute Gasteiger partial charge is 0.375 e. The fraction of sp³-hybridized carbons (Fsp3) is 0.607. The summed E-state index contributed by atoms with van der Waals surface area (Å²) in [6.07, 6.45) is 3.64. The molecule has 4 heterocycles. The summed E-state index contributed by atoms with van der Waals surface area (Å²) < 4.78 is 34.8. The van der Waals surface area contributed by atoms with Gasteiger partial charge in [0.05, 0.1) is 6.54 Å². The normalized spacial score (nSPS) is 23.7. The number of likely N-dealkylation sites (N-methyl/N-ethyl adjacent to an activating group) is 1. The van der Waals surface area contributed by atoms with Crippen LogP contribution in [0, 0.1) is 0 Å². The number of halogens is 1. The summed E-state index contributed by atoms with van der Waals surface area (Å²) in [6, 6.07) is 6.01. The highest BCUT2D eigenvalue weighted by Crippen LogP contribution is 2.31. The Hall–Kier alpha value is -2.29. The number of thiophene rings is 1. The second-order valence-electron chi connectivity index (χ2n) is 11.3. The molecule has 1 unspecified atom stereocenters. The predicted octanol–water partition coefficient (Wildman–Crippen LogP) is 1.99. The number of carbonyl (C=O) groups is 3. The lowest BCUT2D eigenvalue weighted by Crippen LogP contribution is -2.55. The topological polar surface area (TPSA) is 120 Å². The molecule has 3 saturated heterocycles. The molecule has 0 saturated carbocycles. The standard InChI is InChI=1S/C28H38ClN5O6S2/c1-31(26(36)18-40-2)21-9-12-32(15-21)16-22-5-3-11-34(22)25(35)17-33-10-4-6-23(28(33)37)30-42(38,39)27-14-19-13-20(29)7-8-24(19)41-27/h7-8,13-14,21-23,30H,3-6,9-12,15-18H2,1-2H3/t21?,22-,23-/m0/s1. The lowest BCUT2D eigenvalue weighted by Gasteiger charge is -2.35. The minimum absolute atomic E-state index is 0.0393. The molecule has 14 heteroatoms. The van der Waals surface area contributed by atoms with Crippen LogP contribution in [0.1, 0.15) is 32.1 Å². The van der Waals surface area contributed by atoms with Gasteiger partial charge in [-0.2, -0.15) is 4.72 Å². The molecule has 1 aromatic heterocycles. The highest BCUT2D eigenvalue weighted by molar-refractivity contribution is 7.91. The number of methoxy groups -OCH3 is 1. The van der Waals surface area contributed by atoms with Gasteiger partial charge in [0.2, 0.25) is 17.7 Å². The number of fused-ring (bicyclic) bond motifs is 1. The van der Waals surface area contributed by atoms with Crippen molar-refractivity contribution in [2.45, 2.75) is 54.4 Å². The third-order valence-electron chi connectivity index (χ3n) is 8.50. The van der Waals surface area contributed by atoms with Crippen LogP contribution in [0.5, 0.6) is 0 Å². The second kappa shape index (κ2) is 13.1. The van der Waals surface area contributed by atoms with Crippen molar-refractivity contribution in [2.75, 3.05) is 60.0 Å². The van der Waals surface area contributed by atoms with Crippen molar-refractivity contribution < 1.29 is 27.5 Å². The molecule has 3 amide bonds. The quantitative estimate of drug-likeness (QED) is 0.422. The van der Waals surface area contributed by atoms with Gasteiger partial charge in [0.25, 0.3) is 10.0 Å². The monoisotopic (exact) mass is 639 g/mol. The smallest absolute Gasteiger partial charge is 0.250 e. The molecule has 0 spiro atoms. The van der Waals surface area contributed by atoms with Crippen LogP contribution in [0.3, 0.4) is 0 Å². The third-order valence-corrected chi connectivity index (χ3v) is 11.8. The van der Waals surface area contributed by atoms with E-state index in [1.54, 1.807) is 29.2 Å². The van der Waals surface area contributed by atoms with Gasteiger partial charge in [-0.15, -0.1) is 11.3 Å². The molecule has 1 aromatic carbocycles. The minimum Gasteiger partial charge on any atom is -0.375 e. The van der Waals surface area contributed by atoms with Gasteiger partial charge < -0.3 is 19.4 Å². The Morgan fingerprint density at radius 1 is 1.14 bits per heavy atom. The number of piperidine rings is 1. The van der Waals surface area contributed by atoms with Gasteiger partial charge in [0.15, 0.2) is 0 Å². The van der Waals surface area contributed by atoms with E-state index in [1.807, 2.05) is 11.9 Å². The Kier molecular flexibility index (Phi) is 9.75. The van der Waals surface area contributed by atoms with Crippen LogP contribution in [0.15, 0.2) is 28.5 Å². The van der Waals surface area contributed by atoms with Gasteiger partial charge in [-0.3, -0.25) is 19.3 Å². The average molecular weight is 640 g/mol. The first-order chi connectivity index (χ1) is 20.1. The maximum absolute atomic E-state index is 13.4. The number of likely N-dealkylation sites (tertiary alicyclic amines) is 3. The van der Waals surface area contributed by atoms with Gasteiger partial charge in [-0.1, -0.05) is 11.6 Å². The lowest BCUT2D eigenvalue weighted by molar-refractivity contribution is -0.143. The number of nitrogens with zero attached hydrogens (tertiary/aromatic N) is 4. The molecular formula is C28H38ClN5O6S2. The van der Waals surface area contributed by atoms with Gasteiger partial charge in [-0.25, -0.2) is 8.42 Å². The fourth-order valence-corrected chi connectivity index (χ4v) is 9.00. The van der Waals surface area contributed by atoms with Crippen LogP contribution in [-0.4, -0.2) is 124 Å². The first-order valence-electron chi connectivity index (χ1n) is 14.3. The van der Waals surface area contributed by atoms with Crippen LogP contribution in [0.2, 0.25) is 5.02 Å². The maximum atomic E-state index is 13.4. The first kappa shape index (κ1) is 31.1. The van der Waals surface area contributed by atoms with Crippen molar-refractivity contribution in [2.24, 2.45) is 0 Å². The molecule has 11 nitrogen and oxygen atoms in total. The maximum Gasteiger partial charge on any atom is 0.250 e. The number of amides is 3. The van der Waals surface area contributed by atoms with Crippen LogP contribution < -0.4 is 4.72 Å². The van der Waals surface area contributed by atoms with E-state index in [4.69, 9.17) is 16.3 Å². The van der Waals surface area contributed by atoms with E-state index in [0.29, 0.717) is 31.0 Å². The number of ether oxygens (including phenoxy) is 1. The van der Waals surface area contributed by atoms with Crippen molar-refractivity contribution in [1.29, 1.82) is 0 Å². The van der Waals surface area contributed by atoms with Crippen molar-refractivity contribution in [1.82, 2.24) is 24.3 Å². The number of sulfonamides is 1. The number of hydrogen-bond donors (Lipinski definition) is 1. The zero-order valence-corrected chi connectivity index (χ0v) is 26.3. The van der Waals surface area contributed by atoms with Crippen molar-refractivity contribution in [3.05, 3.63) is 29.3 Å². The van der Waals surface area contributed by atoms with Crippen LogP contribution in [-0.2, 0) is 29.1 Å². The van der Waals surface area contributed by atoms with Gasteiger partial charge in [-0.05, 0) is 61.8 Å². The Labute approximate surface area is 255 Å². The molecule has 42 heavy (non-hydrogen) atoms. The molecule has 3 fully saturated rings. The molecule has 1 N–H and O–H groups in total. The lowest BCUT2D eigenvalue weighted by atomic mass is 10.1. The summed E-state index contributed by atoms with van der Waals surface area (Å²) >= 11 is 7.17. The molecular weight excluding hydrogens is 602 g/mol. The van der Waals surface area contributed by atoms with E-state index in [2.05, 4.69) is 9.62 Å². The Morgan fingerprint density at radius 2 is 1.93 bits per heavy atom. The van der Waals surface area contributed by atoms with Gasteiger partial charge in [0, 0.05) is 68.7 Å². The Balaban J connectivity index is 1.16. The molecule has 0 bridgehead atoms. The van der Waals surface area contributed by atoms with Gasteiger partial charge >= 0.3 is 0 Å².